The lowest BCUT2D eigenvalue weighted by Crippen LogP contribution is -2.11. The Morgan fingerprint density at radius 3 is 2.76 bits per heavy atom. The van der Waals surface area contributed by atoms with Gasteiger partial charge in [-0.25, -0.2) is 9.78 Å². The highest BCUT2D eigenvalue weighted by molar-refractivity contribution is 5.89. The molecule has 2 aromatic rings. The lowest BCUT2D eigenvalue weighted by atomic mass is 10.1. The quantitative estimate of drug-likeness (QED) is 0.853. The number of aromatic nitrogens is 1. The average Bonchev–Trinajstić information content (AvgIpc) is 2.46. The molecule has 1 aromatic heterocycles. The summed E-state index contributed by atoms with van der Waals surface area (Å²) >= 11 is 0. The van der Waals surface area contributed by atoms with Crippen LogP contribution in [0.2, 0.25) is 0 Å². The Kier molecular flexibility index (Phi) is 4.77. The maximum absolute atomic E-state index is 11.2. The van der Waals surface area contributed by atoms with E-state index in [1.165, 1.54) is 0 Å². The van der Waals surface area contributed by atoms with Gasteiger partial charge in [-0.1, -0.05) is 18.2 Å². The number of pyridine rings is 1. The molecule has 0 bridgehead atoms. The Morgan fingerprint density at radius 1 is 1.29 bits per heavy atom. The van der Waals surface area contributed by atoms with Gasteiger partial charge in [-0.3, -0.25) is 0 Å². The minimum atomic E-state index is -0.933. The summed E-state index contributed by atoms with van der Waals surface area (Å²) in [5.74, 6) is -0.419. The number of nitrogens with one attached hydrogen (secondary N) is 1. The van der Waals surface area contributed by atoms with Gasteiger partial charge in [0.25, 0.3) is 0 Å². The third kappa shape index (κ3) is 3.95. The molecule has 5 nitrogen and oxygen atoms in total. The van der Waals surface area contributed by atoms with E-state index in [1.807, 2.05) is 26.0 Å². The van der Waals surface area contributed by atoms with Gasteiger partial charge < -0.3 is 15.2 Å². The summed E-state index contributed by atoms with van der Waals surface area (Å²) in [7, 11) is 0. The molecule has 0 unspecified atom stereocenters. The van der Waals surface area contributed by atoms with Gasteiger partial charge in [-0.05, 0) is 37.6 Å². The van der Waals surface area contributed by atoms with Crippen LogP contribution in [0.3, 0.4) is 0 Å². The normalized spacial score (nSPS) is 10.4. The fraction of sp³-hybridized carbons (Fsp3) is 0.250. The number of nitrogens with zero attached hydrogens (tertiary/aromatic N) is 1. The number of hydrogen-bond donors (Lipinski definition) is 2. The van der Waals surface area contributed by atoms with E-state index in [-0.39, 0.29) is 6.10 Å². The van der Waals surface area contributed by atoms with Crippen LogP contribution >= 0.6 is 0 Å². The molecule has 0 aliphatic carbocycles. The predicted molar refractivity (Wildman–Crippen MR) is 80.7 cm³/mol. The van der Waals surface area contributed by atoms with Gasteiger partial charge in [0.15, 0.2) is 0 Å². The minimum absolute atomic E-state index is 0.0201. The molecule has 0 aliphatic rings. The van der Waals surface area contributed by atoms with Gasteiger partial charge in [0, 0.05) is 12.7 Å². The fourth-order valence-corrected chi connectivity index (χ4v) is 1.92. The summed E-state index contributed by atoms with van der Waals surface area (Å²) < 4.78 is 5.62. The molecule has 21 heavy (non-hydrogen) atoms. The molecule has 1 heterocycles. The smallest absolute Gasteiger partial charge is 0.336 e. The lowest BCUT2D eigenvalue weighted by molar-refractivity contribution is 0.0696. The van der Waals surface area contributed by atoms with Gasteiger partial charge in [-0.15, -0.1) is 0 Å². The molecular weight excluding hydrogens is 268 g/mol. The predicted octanol–water partition coefficient (Wildman–Crippen LogP) is 3.18. The summed E-state index contributed by atoms with van der Waals surface area (Å²) in [6, 6.07) is 10.6. The number of hydrogen-bond acceptors (Lipinski definition) is 4. The third-order valence-corrected chi connectivity index (χ3v) is 2.84. The SMILES string of the molecule is CC(C)Oc1ncccc1NCc1ccccc1C(=O)O. The Balaban J connectivity index is 2.15. The molecule has 0 atom stereocenters. The molecule has 0 saturated heterocycles. The molecule has 0 aliphatic heterocycles. The van der Waals surface area contributed by atoms with Crippen molar-refractivity contribution in [2.75, 3.05) is 5.32 Å². The molecule has 0 amide bonds. The first-order chi connectivity index (χ1) is 10.1. The first kappa shape index (κ1) is 14.8. The van der Waals surface area contributed by atoms with Crippen LogP contribution in [0.1, 0.15) is 29.8 Å². The Morgan fingerprint density at radius 2 is 2.05 bits per heavy atom. The second-order valence-corrected chi connectivity index (χ2v) is 4.84. The molecular formula is C16H18N2O3. The highest BCUT2D eigenvalue weighted by atomic mass is 16.5. The standard InChI is InChI=1S/C16H18N2O3/c1-11(2)21-15-14(8-5-9-17-15)18-10-12-6-3-4-7-13(12)16(19)20/h3-9,11,18H,10H2,1-2H3,(H,19,20). The number of anilines is 1. The van der Waals surface area contributed by atoms with E-state index < -0.39 is 5.97 Å². The van der Waals surface area contributed by atoms with Crippen LogP contribution in [0, 0.1) is 0 Å². The van der Waals surface area contributed by atoms with E-state index in [2.05, 4.69) is 10.3 Å². The van der Waals surface area contributed by atoms with Crippen molar-refractivity contribution in [1.82, 2.24) is 4.98 Å². The van der Waals surface area contributed by atoms with E-state index in [1.54, 1.807) is 30.5 Å². The molecule has 0 saturated carbocycles. The third-order valence-electron chi connectivity index (χ3n) is 2.84. The highest BCUT2D eigenvalue weighted by Crippen LogP contribution is 2.23. The van der Waals surface area contributed by atoms with Gasteiger partial charge in [0.1, 0.15) is 0 Å². The Labute approximate surface area is 123 Å². The maximum atomic E-state index is 11.2. The largest absolute Gasteiger partial charge is 0.478 e. The second kappa shape index (κ2) is 6.74. The molecule has 110 valence electrons. The van der Waals surface area contributed by atoms with Gasteiger partial charge in [0.2, 0.25) is 5.88 Å². The second-order valence-electron chi connectivity index (χ2n) is 4.84. The number of ether oxygens (including phenoxy) is 1. The van der Waals surface area contributed by atoms with Crippen LogP contribution in [0.25, 0.3) is 0 Å². The van der Waals surface area contributed by atoms with Crippen LogP contribution in [0.15, 0.2) is 42.6 Å². The molecule has 2 rings (SSSR count). The minimum Gasteiger partial charge on any atom is -0.478 e. The molecule has 5 heteroatoms. The van der Waals surface area contributed by atoms with Crippen molar-refractivity contribution >= 4 is 11.7 Å². The lowest BCUT2D eigenvalue weighted by Gasteiger charge is -2.14. The van der Waals surface area contributed by atoms with Crippen LogP contribution in [-0.4, -0.2) is 22.2 Å². The topological polar surface area (TPSA) is 71.5 Å². The van der Waals surface area contributed by atoms with Crippen LogP contribution in [0.5, 0.6) is 5.88 Å². The van der Waals surface area contributed by atoms with Crippen LogP contribution in [0.4, 0.5) is 5.69 Å². The van der Waals surface area contributed by atoms with Crippen molar-refractivity contribution in [2.24, 2.45) is 0 Å². The first-order valence-corrected chi connectivity index (χ1v) is 6.74. The van der Waals surface area contributed by atoms with Crippen molar-refractivity contribution in [3.63, 3.8) is 0 Å². The van der Waals surface area contributed by atoms with Crippen molar-refractivity contribution in [3.05, 3.63) is 53.7 Å². The van der Waals surface area contributed by atoms with Gasteiger partial charge in [-0.2, -0.15) is 0 Å². The monoisotopic (exact) mass is 286 g/mol. The summed E-state index contributed by atoms with van der Waals surface area (Å²) in [5.41, 5.74) is 1.75. The summed E-state index contributed by atoms with van der Waals surface area (Å²) in [6.45, 7) is 4.25. The van der Waals surface area contributed by atoms with Crippen molar-refractivity contribution in [2.45, 2.75) is 26.5 Å². The molecule has 0 radical (unpaired) electrons. The summed E-state index contributed by atoms with van der Waals surface area (Å²) in [5, 5.41) is 12.4. The Hall–Kier alpha value is -2.56. The van der Waals surface area contributed by atoms with Crippen LogP contribution < -0.4 is 10.1 Å². The fourth-order valence-electron chi connectivity index (χ4n) is 1.92. The van der Waals surface area contributed by atoms with Crippen LogP contribution in [-0.2, 0) is 6.54 Å². The van der Waals surface area contributed by atoms with E-state index in [0.29, 0.717) is 23.6 Å². The molecule has 0 fully saturated rings. The highest BCUT2D eigenvalue weighted by Gasteiger charge is 2.10. The Bertz CT molecular complexity index is 626. The van der Waals surface area contributed by atoms with E-state index in [9.17, 15) is 9.90 Å². The number of aromatic carboxylic acids is 1. The van der Waals surface area contributed by atoms with Gasteiger partial charge >= 0.3 is 5.97 Å². The summed E-state index contributed by atoms with van der Waals surface area (Å²) in [6.07, 6.45) is 1.68. The van der Waals surface area contributed by atoms with Crippen molar-refractivity contribution in [1.29, 1.82) is 0 Å². The maximum Gasteiger partial charge on any atom is 0.336 e. The van der Waals surface area contributed by atoms with Crippen molar-refractivity contribution in [3.8, 4) is 5.88 Å². The number of rotatable bonds is 6. The average molecular weight is 286 g/mol. The van der Waals surface area contributed by atoms with E-state index in [0.717, 1.165) is 5.69 Å². The van der Waals surface area contributed by atoms with Crippen molar-refractivity contribution < 1.29 is 14.6 Å². The number of carboxylic acid groups (broad SMARTS) is 1. The number of benzene rings is 1. The van der Waals surface area contributed by atoms with E-state index >= 15 is 0 Å². The zero-order valence-corrected chi connectivity index (χ0v) is 12.0. The number of carboxylic acids is 1. The molecule has 2 N–H and O–H groups in total. The first-order valence-electron chi connectivity index (χ1n) is 6.74. The molecule has 0 spiro atoms. The zero-order chi connectivity index (χ0) is 15.2. The number of carbonyl (C=O) groups is 1. The van der Waals surface area contributed by atoms with Gasteiger partial charge in [0.05, 0.1) is 17.4 Å². The zero-order valence-electron chi connectivity index (χ0n) is 12.0. The van der Waals surface area contributed by atoms with E-state index in [4.69, 9.17) is 4.74 Å². The molecule has 1 aromatic carbocycles. The summed E-state index contributed by atoms with van der Waals surface area (Å²) in [4.78, 5) is 15.4.